The molecule has 0 saturated heterocycles. The van der Waals surface area contributed by atoms with E-state index in [2.05, 4.69) is 15.8 Å². The highest BCUT2D eigenvalue weighted by atomic mass is 19.1. The molecule has 0 aliphatic rings. The number of rotatable bonds is 7. The molecule has 0 bridgehead atoms. The van der Waals surface area contributed by atoms with Crippen molar-refractivity contribution >= 4 is 11.8 Å². The number of carbonyl (C=O) groups is 2. The van der Waals surface area contributed by atoms with Crippen LogP contribution in [-0.2, 0) is 16.0 Å². The maximum Gasteiger partial charge on any atom is 0.276 e. The average molecular weight is 397 g/mol. The van der Waals surface area contributed by atoms with Crippen LogP contribution >= 0.6 is 0 Å². The molecule has 0 aliphatic heterocycles. The van der Waals surface area contributed by atoms with Gasteiger partial charge in [-0.05, 0) is 36.8 Å². The first kappa shape index (κ1) is 20.1. The minimum atomic E-state index is -0.488. The van der Waals surface area contributed by atoms with Gasteiger partial charge in [-0.15, -0.1) is 0 Å². The third-order valence-electron chi connectivity index (χ3n) is 3.96. The van der Waals surface area contributed by atoms with Crippen molar-refractivity contribution in [3.63, 3.8) is 0 Å². The van der Waals surface area contributed by atoms with Crippen molar-refractivity contribution in [2.24, 2.45) is 0 Å². The molecule has 0 radical (unpaired) electrons. The van der Waals surface area contributed by atoms with E-state index in [0.29, 0.717) is 23.0 Å². The van der Waals surface area contributed by atoms with Crippen molar-refractivity contribution < 1.29 is 23.1 Å². The Morgan fingerprint density at radius 2 is 1.90 bits per heavy atom. The van der Waals surface area contributed by atoms with Crippen LogP contribution in [0.25, 0.3) is 11.3 Å². The number of oxazole rings is 1. The summed E-state index contributed by atoms with van der Waals surface area (Å²) in [6.45, 7) is 1.69. The fourth-order valence-corrected chi connectivity index (χ4v) is 2.52. The van der Waals surface area contributed by atoms with Gasteiger partial charge in [0.2, 0.25) is 5.91 Å². The summed E-state index contributed by atoms with van der Waals surface area (Å²) in [5.74, 6) is -0.158. The smallest absolute Gasteiger partial charge is 0.276 e. The van der Waals surface area contributed by atoms with Crippen LogP contribution in [0.2, 0.25) is 0 Å². The molecule has 29 heavy (non-hydrogen) atoms. The number of carbonyl (C=O) groups excluding carboxylic acids is 2. The second-order valence-electron chi connectivity index (χ2n) is 6.30. The molecule has 2 aromatic carbocycles. The summed E-state index contributed by atoms with van der Waals surface area (Å²) in [6.07, 6.45) is 1.66. The van der Waals surface area contributed by atoms with E-state index >= 15 is 0 Å². The maximum atomic E-state index is 13.8. The summed E-state index contributed by atoms with van der Waals surface area (Å²) in [5.41, 5.74) is 5.90. The predicted octanol–water partition coefficient (Wildman–Crippen LogP) is 2.95. The monoisotopic (exact) mass is 397 g/mol. The lowest BCUT2D eigenvalue weighted by molar-refractivity contribution is -0.130. The number of hydrazine groups is 1. The van der Waals surface area contributed by atoms with E-state index in [0.717, 1.165) is 5.56 Å². The summed E-state index contributed by atoms with van der Waals surface area (Å²) in [7, 11) is 0. The van der Waals surface area contributed by atoms with E-state index in [1.807, 2.05) is 19.1 Å². The van der Waals surface area contributed by atoms with E-state index in [1.54, 1.807) is 30.3 Å². The lowest BCUT2D eigenvalue weighted by Gasteiger charge is -2.08. The van der Waals surface area contributed by atoms with Crippen molar-refractivity contribution in [1.82, 2.24) is 15.8 Å². The zero-order chi connectivity index (χ0) is 20.6. The molecule has 0 fully saturated rings. The average Bonchev–Trinajstić information content (AvgIpc) is 3.18. The first-order chi connectivity index (χ1) is 14.0. The third kappa shape index (κ3) is 5.90. The largest absolute Gasteiger partial charge is 0.484 e. The van der Waals surface area contributed by atoms with Crippen LogP contribution in [0.4, 0.5) is 4.39 Å². The zero-order valence-corrected chi connectivity index (χ0v) is 15.8. The minimum absolute atomic E-state index is 0.0379. The summed E-state index contributed by atoms with van der Waals surface area (Å²) in [5, 5.41) is 0. The van der Waals surface area contributed by atoms with Crippen molar-refractivity contribution in [3.8, 4) is 17.1 Å². The highest BCUT2D eigenvalue weighted by Crippen LogP contribution is 2.23. The van der Waals surface area contributed by atoms with Gasteiger partial charge in [0.25, 0.3) is 5.91 Å². The van der Waals surface area contributed by atoms with Crippen LogP contribution in [0.15, 0.2) is 59.1 Å². The van der Waals surface area contributed by atoms with Gasteiger partial charge in [0, 0.05) is 12.8 Å². The van der Waals surface area contributed by atoms with E-state index in [4.69, 9.17) is 9.15 Å². The number of aryl methyl sites for hydroxylation is 2. The highest BCUT2D eigenvalue weighted by Gasteiger charge is 2.12. The summed E-state index contributed by atoms with van der Waals surface area (Å²) >= 11 is 0. The zero-order valence-electron chi connectivity index (χ0n) is 15.8. The van der Waals surface area contributed by atoms with Crippen molar-refractivity contribution in [2.45, 2.75) is 19.8 Å². The Balaban J connectivity index is 1.40. The molecule has 0 unspecified atom stereocenters. The van der Waals surface area contributed by atoms with Gasteiger partial charge >= 0.3 is 0 Å². The predicted molar refractivity (Wildman–Crippen MR) is 103 cm³/mol. The number of halogens is 1. The lowest BCUT2D eigenvalue weighted by Crippen LogP contribution is -2.43. The molecule has 2 amide bonds. The summed E-state index contributed by atoms with van der Waals surface area (Å²) < 4.78 is 24.6. The molecule has 7 nitrogen and oxygen atoms in total. The number of aromatic nitrogens is 1. The second kappa shape index (κ2) is 9.50. The Morgan fingerprint density at radius 3 is 2.69 bits per heavy atom. The molecule has 3 aromatic rings. The van der Waals surface area contributed by atoms with Crippen LogP contribution < -0.4 is 15.6 Å². The van der Waals surface area contributed by atoms with Gasteiger partial charge in [-0.2, -0.15) is 0 Å². The molecule has 1 heterocycles. The van der Waals surface area contributed by atoms with Gasteiger partial charge in [-0.3, -0.25) is 20.4 Å². The Bertz CT molecular complexity index is 1000. The highest BCUT2D eigenvalue weighted by molar-refractivity contribution is 5.82. The molecular weight excluding hydrogens is 377 g/mol. The van der Waals surface area contributed by atoms with Gasteiger partial charge < -0.3 is 9.15 Å². The molecule has 150 valence electrons. The van der Waals surface area contributed by atoms with Crippen LogP contribution in [0, 0.1) is 12.7 Å². The maximum absolute atomic E-state index is 13.8. The number of nitrogens with one attached hydrogen (secondary N) is 2. The molecular formula is C21H20FN3O4. The van der Waals surface area contributed by atoms with E-state index in [9.17, 15) is 14.0 Å². The van der Waals surface area contributed by atoms with Gasteiger partial charge in [-0.25, -0.2) is 9.37 Å². The molecule has 0 saturated carbocycles. The number of benzene rings is 2. The number of ether oxygens (including phenoxy) is 1. The van der Waals surface area contributed by atoms with Crippen LogP contribution in [-0.4, -0.2) is 23.4 Å². The number of amides is 2. The standard InChI is InChI=1S/C21H20FN3O4/c1-14-5-4-6-15(11-14)28-13-20(27)25-24-19(26)9-10-21-23-12-18(29-21)16-7-2-3-8-17(16)22/h2-8,11-12H,9-10,13H2,1H3,(H,24,26)(H,25,27). The number of hydrogen-bond acceptors (Lipinski definition) is 5. The number of nitrogens with zero attached hydrogens (tertiary/aromatic N) is 1. The van der Waals surface area contributed by atoms with Crippen LogP contribution in [0.5, 0.6) is 5.75 Å². The third-order valence-corrected chi connectivity index (χ3v) is 3.96. The molecule has 2 N–H and O–H groups in total. The molecule has 3 rings (SSSR count). The lowest BCUT2D eigenvalue weighted by atomic mass is 10.2. The SMILES string of the molecule is Cc1cccc(OCC(=O)NNC(=O)CCc2ncc(-c3ccccc3F)o2)c1. The molecule has 0 atom stereocenters. The van der Waals surface area contributed by atoms with Gasteiger partial charge in [0.15, 0.2) is 18.3 Å². The molecule has 1 aromatic heterocycles. The Morgan fingerprint density at radius 1 is 1.10 bits per heavy atom. The quantitative estimate of drug-likeness (QED) is 0.598. The van der Waals surface area contributed by atoms with Gasteiger partial charge in [0.05, 0.1) is 11.8 Å². The number of hydrogen-bond donors (Lipinski definition) is 2. The Hall–Kier alpha value is -3.68. The fourth-order valence-electron chi connectivity index (χ4n) is 2.52. The van der Waals surface area contributed by atoms with Crippen LogP contribution in [0.3, 0.4) is 0 Å². The van der Waals surface area contributed by atoms with Gasteiger partial charge in [0.1, 0.15) is 11.6 Å². The topological polar surface area (TPSA) is 93.5 Å². The molecule has 0 aliphatic carbocycles. The summed E-state index contributed by atoms with van der Waals surface area (Å²) in [6, 6.07) is 13.5. The normalized spacial score (nSPS) is 10.4. The first-order valence-corrected chi connectivity index (χ1v) is 8.98. The first-order valence-electron chi connectivity index (χ1n) is 8.98. The van der Waals surface area contributed by atoms with Gasteiger partial charge in [-0.1, -0.05) is 24.3 Å². The van der Waals surface area contributed by atoms with E-state index in [1.165, 1.54) is 12.3 Å². The van der Waals surface area contributed by atoms with Crippen molar-refractivity contribution in [2.75, 3.05) is 6.61 Å². The summed E-state index contributed by atoms with van der Waals surface area (Å²) in [4.78, 5) is 27.7. The Kier molecular flexibility index (Phi) is 6.57. The molecule has 8 heteroatoms. The van der Waals surface area contributed by atoms with E-state index < -0.39 is 17.6 Å². The second-order valence-corrected chi connectivity index (χ2v) is 6.30. The van der Waals surface area contributed by atoms with E-state index in [-0.39, 0.29) is 19.4 Å². The van der Waals surface area contributed by atoms with Crippen LogP contribution in [0.1, 0.15) is 17.9 Å². The van der Waals surface area contributed by atoms with Crippen molar-refractivity contribution in [3.05, 3.63) is 72.0 Å². The fraction of sp³-hybridized carbons (Fsp3) is 0.190. The Labute approximate surface area is 166 Å². The minimum Gasteiger partial charge on any atom is -0.484 e. The molecule has 0 spiro atoms. The van der Waals surface area contributed by atoms with Crippen molar-refractivity contribution in [1.29, 1.82) is 0 Å².